The molecule has 2 rings (SSSR count). The summed E-state index contributed by atoms with van der Waals surface area (Å²) < 4.78 is 11.3. The number of hydrogen-bond acceptors (Lipinski definition) is 4. The lowest BCUT2D eigenvalue weighted by Gasteiger charge is -2.07. The highest BCUT2D eigenvalue weighted by Gasteiger charge is 2.05. The van der Waals surface area contributed by atoms with Crippen LogP contribution in [-0.2, 0) is 11.4 Å². The van der Waals surface area contributed by atoms with Crippen molar-refractivity contribution in [2.45, 2.75) is 13.5 Å². The Morgan fingerprint density at radius 2 is 2.30 bits per heavy atom. The van der Waals surface area contributed by atoms with Gasteiger partial charge in [0.2, 0.25) is 0 Å². The van der Waals surface area contributed by atoms with Crippen LogP contribution < -0.4 is 4.74 Å². The molecule has 1 N–H and O–H groups in total. The Kier molecular flexibility index (Phi) is 4.57. The van der Waals surface area contributed by atoms with E-state index in [1.54, 1.807) is 24.3 Å². The lowest BCUT2D eigenvalue weighted by molar-refractivity contribution is -0.131. The highest BCUT2D eigenvalue weighted by molar-refractivity contribution is 9.10. The molecular weight excluding hydrogens is 326 g/mol. The fraction of sp³-hybridized carbons (Fsp3) is 0.143. The van der Waals surface area contributed by atoms with E-state index < -0.39 is 5.97 Å². The number of aromatic nitrogens is 1. The molecule has 0 unspecified atom stereocenters. The van der Waals surface area contributed by atoms with Crippen molar-refractivity contribution in [3.63, 3.8) is 0 Å². The summed E-state index contributed by atoms with van der Waals surface area (Å²) in [6.45, 7) is 2.12. The molecule has 0 saturated carbocycles. The van der Waals surface area contributed by atoms with Crippen LogP contribution in [0.4, 0.5) is 0 Å². The van der Waals surface area contributed by atoms with Crippen molar-refractivity contribution in [3.8, 4) is 5.75 Å². The van der Waals surface area contributed by atoms with Gasteiger partial charge >= 0.3 is 5.97 Å². The lowest BCUT2D eigenvalue weighted by Crippen LogP contribution is -1.96. The van der Waals surface area contributed by atoms with Crippen LogP contribution in [0.25, 0.3) is 6.08 Å². The van der Waals surface area contributed by atoms with Gasteiger partial charge < -0.3 is 14.4 Å². The molecule has 0 amide bonds. The van der Waals surface area contributed by atoms with E-state index in [1.165, 1.54) is 6.08 Å². The molecule has 5 nitrogen and oxygen atoms in total. The second-order valence-corrected chi connectivity index (χ2v) is 4.93. The first-order valence-electron chi connectivity index (χ1n) is 5.80. The molecule has 0 saturated heterocycles. The minimum Gasteiger partial charge on any atom is -0.486 e. The smallest absolute Gasteiger partial charge is 0.328 e. The topological polar surface area (TPSA) is 72.6 Å². The number of aryl methyl sites for hydroxylation is 1. The van der Waals surface area contributed by atoms with E-state index >= 15 is 0 Å². The van der Waals surface area contributed by atoms with Gasteiger partial charge in [-0.05, 0) is 46.6 Å². The summed E-state index contributed by atoms with van der Waals surface area (Å²) >= 11 is 3.38. The molecule has 1 heterocycles. The summed E-state index contributed by atoms with van der Waals surface area (Å²) in [5.74, 6) is 0.401. The minimum absolute atomic E-state index is 0.306. The Morgan fingerprint density at radius 3 is 2.90 bits per heavy atom. The Hall–Kier alpha value is -2.08. The number of halogens is 1. The summed E-state index contributed by atoms with van der Waals surface area (Å²) in [4.78, 5) is 10.4. The van der Waals surface area contributed by atoms with Crippen LogP contribution in [-0.4, -0.2) is 16.2 Å². The molecule has 104 valence electrons. The first-order chi connectivity index (χ1) is 9.54. The maximum atomic E-state index is 10.4. The predicted molar refractivity (Wildman–Crippen MR) is 76.4 cm³/mol. The van der Waals surface area contributed by atoms with E-state index in [4.69, 9.17) is 14.4 Å². The number of nitrogens with zero attached hydrogens (tertiary/aromatic N) is 1. The molecular formula is C14H12BrNO4. The summed E-state index contributed by atoms with van der Waals surface area (Å²) in [6, 6.07) is 7.12. The molecule has 1 aromatic heterocycles. The number of ether oxygens (including phenoxy) is 1. The zero-order chi connectivity index (χ0) is 14.5. The molecule has 1 aromatic carbocycles. The Morgan fingerprint density at radius 1 is 1.50 bits per heavy atom. The molecule has 0 radical (unpaired) electrons. The summed E-state index contributed by atoms with van der Waals surface area (Å²) in [7, 11) is 0. The molecule has 0 aliphatic carbocycles. The van der Waals surface area contributed by atoms with Crippen LogP contribution in [0.2, 0.25) is 0 Å². The molecule has 0 spiro atoms. The average Bonchev–Trinajstić information content (AvgIpc) is 2.81. The van der Waals surface area contributed by atoms with E-state index in [1.807, 2.05) is 6.92 Å². The van der Waals surface area contributed by atoms with E-state index in [9.17, 15) is 4.79 Å². The molecule has 6 heteroatoms. The molecule has 0 aliphatic heterocycles. The van der Waals surface area contributed by atoms with Crippen LogP contribution in [0.1, 0.15) is 17.0 Å². The van der Waals surface area contributed by atoms with Crippen LogP contribution in [0.5, 0.6) is 5.75 Å². The maximum Gasteiger partial charge on any atom is 0.328 e. The zero-order valence-corrected chi connectivity index (χ0v) is 12.3. The van der Waals surface area contributed by atoms with Crippen molar-refractivity contribution in [1.29, 1.82) is 0 Å². The van der Waals surface area contributed by atoms with Gasteiger partial charge in [0.1, 0.15) is 23.8 Å². The number of carboxylic acid groups (broad SMARTS) is 1. The predicted octanol–water partition coefficient (Wildman–Crippen LogP) is 3.42. The van der Waals surface area contributed by atoms with Gasteiger partial charge in [-0.25, -0.2) is 4.79 Å². The SMILES string of the molecule is Cc1cc(COc2ccc(C=CC(=O)O)cc2Br)no1. The Balaban J connectivity index is 2.04. The molecule has 0 bridgehead atoms. The number of carbonyl (C=O) groups is 1. The van der Waals surface area contributed by atoms with Crippen LogP contribution in [0.3, 0.4) is 0 Å². The van der Waals surface area contributed by atoms with E-state index in [2.05, 4.69) is 21.1 Å². The Bertz CT molecular complexity index is 648. The fourth-order valence-corrected chi connectivity index (χ4v) is 2.05. The van der Waals surface area contributed by atoms with Crippen molar-refractivity contribution < 1.29 is 19.2 Å². The number of benzene rings is 1. The van der Waals surface area contributed by atoms with Crippen LogP contribution in [0.15, 0.2) is 39.3 Å². The van der Waals surface area contributed by atoms with Crippen molar-refractivity contribution in [2.24, 2.45) is 0 Å². The Labute approximate surface area is 124 Å². The van der Waals surface area contributed by atoms with E-state index in [0.717, 1.165) is 21.9 Å². The molecule has 2 aromatic rings. The third-order valence-electron chi connectivity index (χ3n) is 2.43. The fourth-order valence-electron chi connectivity index (χ4n) is 1.54. The maximum absolute atomic E-state index is 10.4. The van der Waals surface area contributed by atoms with E-state index in [0.29, 0.717) is 18.1 Å². The number of carboxylic acids is 1. The number of aliphatic carboxylic acids is 1. The summed E-state index contributed by atoms with van der Waals surface area (Å²) in [6.07, 6.45) is 2.60. The first-order valence-corrected chi connectivity index (χ1v) is 6.59. The van der Waals surface area contributed by atoms with Crippen molar-refractivity contribution in [1.82, 2.24) is 5.16 Å². The van der Waals surface area contributed by atoms with Crippen LogP contribution >= 0.6 is 15.9 Å². The van der Waals surface area contributed by atoms with Gasteiger partial charge in [-0.3, -0.25) is 0 Å². The van der Waals surface area contributed by atoms with Gasteiger partial charge in [-0.1, -0.05) is 11.2 Å². The molecule has 0 atom stereocenters. The molecule has 20 heavy (non-hydrogen) atoms. The van der Waals surface area contributed by atoms with Crippen molar-refractivity contribution in [2.75, 3.05) is 0 Å². The number of rotatable bonds is 5. The van der Waals surface area contributed by atoms with E-state index in [-0.39, 0.29) is 0 Å². The van der Waals surface area contributed by atoms with Gasteiger partial charge in [0.05, 0.1) is 4.47 Å². The zero-order valence-electron chi connectivity index (χ0n) is 10.7. The van der Waals surface area contributed by atoms with Gasteiger partial charge in [0.25, 0.3) is 0 Å². The monoisotopic (exact) mass is 337 g/mol. The largest absolute Gasteiger partial charge is 0.486 e. The molecule has 0 aliphatic rings. The van der Waals surface area contributed by atoms with Crippen molar-refractivity contribution in [3.05, 3.63) is 51.8 Å². The van der Waals surface area contributed by atoms with Crippen molar-refractivity contribution >= 4 is 28.0 Å². The summed E-state index contributed by atoms with van der Waals surface area (Å²) in [5.41, 5.74) is 1.48. The summed E-state index contributed by atoms with van der Waals surface area (Å²) in [5, 5.41) is 12.4. The highest BCUT2D eigenvalue weighted by Crippen LogP contribution is 2.27. The third kappa shape index (κ3) is 3.96. The van der Waals surface area contributed by atoms with Gasteiger partial charge in [-0.2, -0.15) is 0 Å². The lowest BCUT2D eigenvalue weighted by atomic mass is 10.2. The second-order valence-electron chi connectivity index (χ2n) is 4.08. The quantitative estimate of drug-likeness (QED) is 0.846. The minimum atomic E-state index is -0.983. The second kappa shape index (κ2) is 6.38. The van der Waals surface area contributed by atoms with Gasteiger partial charge in [0.15, 0.2) is 0 Å². The highest BCUT2D eigenvalue weighted by atomic mass is 79.9. The molecule has 0 fully saturated rings. The standard InChI is InChI=1S/C14H12BrNO4/c1-9-6-11(16-20-9)8-19-13-4-2-10(7-12(13)15)3-5-14(17)18/h2-7H,8H2,1H3,(H,17,18). The normalized spacial score (nSPS) is 10.9. The van der Waals surface area contributed by atoms with Gasteiger partial charge in [0, 0.05) is 12.1 Å². The van der Waals surface area contributed by atoms with Gasteiger partial charge in [-0.15, -0.1) is 0 Å². The first kappa shape index (κ1) is 14.3. The average molecular weight is 338 g/mol. The number of hydrogen-bond donors (Lipinski definition) is 1. The third-order valence-corrected chi connectivity index (χ3v) is 3.05. The van der Waals surface area contributed by atoms with Crippen LogP contribution in [0, 0.1) is 6.92 Å².